The fraction of sp³-hybridized carbons (Fsp3) is 0.211. The SMILES string of the molecule is O=CC1OCCN(C=Cc2ccccc2)C1c1ccc(F)cc1. The lowest BCUT2D eigenvalue weighted by Crippen LogP contribution is -2.43. The molecule has 1 heterocycles. The molecule has 0 N–H and O–H groups in total. The predicted octanol–water partition coefficient (Wildman–Crippen LogP) is 3.44. The van der Waals surface area contributed by atoms with Gasteiger partial charge in [0.05, 0.1) is 12.6 Å². The quantitative estimate of drug-likeness (QED) is 0.810. The van der Waals surface area contributed by atoms with E-state index in [1.807, 2.05) is 42.6 Å². The third-order valence-electron chi connectivity index (χ3n) is 3.93. The Balaban J connectivity index is 1.88. The van der Waals surface area contributed by atoms with Gasteiger partial charge in [0.2, 0.25) is 0 Å². The number of carbonyl (C=O) groups excluding carboxylic acids is 1. The van der Waals surface area contributed by atoms with Gasteiger partial charge in [-0.05, 0) is 29.3 Å². The van der Waals surface area contributed by atoms with Gasteiger partial charge < -0.3 is 14.4 Å². The summed E-state index contributed by atoms with van der Waals surface area (Å²) in [6.07, 6.45) is 4.23. The van der Waals surface area contributed by atoms with E-state index in [1.165, 1.54) is 12.1 Å². The minimum Gasteiger partial charge on any atom is -0.366 e. The van der Waals surface area contributed by atoms with Crippen LogP contribution in [0.3, 0.4) is 0 Å². The molecule has 2 unspecified atom stereocenters. The molecule has 1 saturated heterocycles. The summed E-state index contributed by atoms with van der Waals surface area (Å²) in [5, 5.41) is 0. The predicted molar refractivity (Wildman–Crippen MR) is 87.1 cm³/mol. The van der Waals surface area contributed by atoms with Crippen molar-refractivity contribution < 1.29 is 13.9 Å². The van der Waals surface area contributed by atoms with Gasteiger partial charge in [0, 0.05) is 12.7 Å². The normalized spacial score (nSPS) is 21.5. The van der Waals surface area contributed by atoms with Crippen molar-refractivity contribution in [3.8, 4) is 0 Å². The lowest BCUT2D eigenvalue weighted by atomic mass is 9.99. The highest BCUT2D eigenvalue weighted by Gasteiger charge is 2.31. The first-order valence-electron chi connectivity index (χ1n) is 7.59. The maximum absolute atomic E-state index is 13.2. The van der Waals surface area contributed by atoms with E-state index in [-0.39, 0.29) is 11.9 Å². The van der Waals surface area contributed by atoms with Crippen LogP contribution in [0.25, 0.3) is 6.08 Å². The summed E-state index contributed by atoms with van der Waals surface area (Å²) >= 11 is 0. The Morgan fingerprint density at radius 2 is 1.83 bits per heavy atom. The fourth-order valence-electron chi connectivity index (χ4n) is 2.78. The van der Waals surface area contributed by atoms with Gasteiger partial charge in [0.1, 0.15) is 11.9 Å². The number of rotatable bonds is 4. The third-order valence-corrected chi connectivity index (χ3v) is 3.93. The molecule has 0 aliphatic carbocycles. The molecule has 0 spiro atoms. The molecule has 23 heavy (non-hydrogen) atoms. The Morgan fingerprint density at radius 3 is 2.52 bits per heavy atom. The second-order valence-electron chi connectivity index (χ2n) is 5.43. The van der Waals surface area contributed by atoms with E-state index in [9.17, 15) is 9.18 Å². The molecule has 1 fully saturated rings. The summed E-state index contributed by atoms with van der Waals surface area (Å²) in [7, 11) is 0. The van der Waals surface area contributed by atoms with Crippen LogP contribution in [0.5, 0.6) is 0 Å². The average Bonchev–Trinajstić information content (AvgIpc) is 2.61. The summed E-state index contributed by atoms with van der Waals surface area (Å²) in [5.74, 6) is -0.292. The van der Waals surface area contributed by atoms with Crippen molar-refractivity contribution in [2.24, 2.45) is 0 Å². The van der Waals surface area contributed by atoms with Crippen molar-refractivity contribution in [2.45, 2.75) is 12.1 Å². The van der Waals surface area contributed by atoms with E-state index in [0.29, 0.717) is 13.2 Å². The van der Waals surface area contributed by atoms with Crippen LogP contribution in [0.1, 0.15) is 17.2 Å². The molecule has 0 saturated carbocycles. The molecule has 2 aromatic rings. The number of hydrogen-bond donors (Lipinski definition) is 0. The van der Waals surface area contributed by atoms with Gasteiger partial charge in [0.15, 0.2) is 6.29 Å². The zero-order valence-corrected chi connectivity index (χ0v) is 12.6. The van der Waals surface area contributed by atoms with Gasteiger partial charge in [-0.1, -0.05) is 42.5 Å². The molecule has 3 rings (SSSR count). The Bertz CT molecular complexity index is 670. The van der Waals surface area contributed by atoms with Gasteiger partial charge in [0.25, 0.3) is 0 Å². The van der Waals surface area contributed by atoms with Gasteiger partial charge in [-0.3, -0.25) is 0 Å². The molecule has 0 radical (unpaired) electrons. The number of halogens is 1. The first-order chi connectivity index (χ1) is 11.3. The minimum absolute atomic E-state index is 0.248. The van der Waals surface area contributed by atoms with Gasteiger partial charge >= 0.3 is 0 Å². The molecule has 1 aliphatic heterocycles. The molecule has 0 bridgehead atoms. The number of carbonyl (C=O) groups is 1. The maximum Gasteiger partial charge on any atom is 0.151 e. The van der Waals surface area contributed by atoms with E-state index >= 15 is 0 Å². The summed E-state index contributed by atoms with van der Waals surface area (Å²) < 4.78 is 18.7. The minimum atomic E-state index is -0.561. The highest BCUT2D eigenvalue weighted by Crippen LogP contribution is 2.29. The van der Waals surface area contributed by atoms with Crippen LogP contribution in [0.15, 0.2) is 60.8 Å². The number of benzene rings is 2. The van der Waals surface area contributed by atoms with Crippen LogP contribution in [-0.2, 0) is 9.53 Å². The number of morpholine rings is 1. The molecule has 0 aromatic heterocycles. The second-order valence-corrected chi connectivity index (χ2v) is 5.43. The van der Waals surface area contributed by atoms with Crippen molar-refractivity contribution in [3.05, 3.63) is 77.7 Å². The number of ether oxygens (including phenoxy) is 1. The highest BCUT2D eigenvalue weighted by molar-refractivity contribution is 5.59. The van der Waals surface area contributed by atoms with Crippen LogP contribution < -0.4 is 0 Å². The first-order valence-corrected chi connectivity index (χ1v) is 7.59. The van der Waals surface area contributed by atoms with Crippen LogP contribution in [0.2, 0.25) is 0 Å². The average molecular weight is 311 g/mol. The largest absolute Gasteiger partial charge is 0.366 e. The molecular formula is C19H18FNO2. The summed E-state index contributed by atoms with van der Waals surface area (Å²) in [4.78, 5) is 13.5. The molecule has 118 valence electrons. The first kappa shape index (κ1) is 15.4. The van der Waals surface area contributed by atoms with Gasteiger partial charge in [-0.15, -0.1) is 0 Å². The Hall–Kier alpha value is -2.46. The molecule has 1 aliphatic rings. The lowest BCUT2D eigenvalue weighted by molar-refractivity contribution is -0.128. The zero-order chi connectivity index (χ0) is 16.1. The molecule has 2 atom stereocenters. The van der Waals surface area contributed by atoms with Crippen molar-refractivity contribution >= 4 is 12.4 Å². The monoisotopic (exact) mass is 311 g/mol. The second kappa shape index (κ2) is 7.20. The van der Waals surface area contributed by atoms with E-state index in [0.717, 1.165) is 17.4 Å². The highest BCUT2D eigenvalue weighted by atomic mass is 19.1. The van der Waals surface area contributed by atoms with Crippen molar-refractivity contribution in [1.29, 1.82) is 0 Å². The fourth-order valence-corrected chi connectivity index (χ4v) is 2.78. The standard InChI is InChI=1S/C19H18FNO2/c20-17-8-6-16(7-9-17)19-18(14-22)23-13-12-21(19)11-10-15-4-2-1-3-5-15/h1-11,14,18-19H,12-13H2. The van der Waals surface area contributed by atoms with Crippen molar-refractivity contribution in [2.75, 3.05) is 13.2 Å². The summed E-state index contributed by atoms with van der Waals surface area (Å²) in [6, 6.07) is 15.9. The zero-order valence-electron chi connectivity index (χ0n) is 12.6. The number of nitrogens with zero attached hydrogens (tertiary/aromatic N) is 1. The van der Waals surface area contributed by atoms with Crippen molar-refractivity contribution in [3.63, 3.8) is 0 Å². The Morgan fingerprint density at radius 1 is 1.09 bits per heavy atom. The topological polar surface area (TPSA) is 29.5 Å². The number of hydrogen-bond acceptors (Lipinski definition) is 3. The van der Waals surface area contributed by atoms with Gasteiger partial charge in [-0.2, -0.15) is 0 Å². The molecule has 0 amide bonds. The molecular weight excluding hydrogens is 293 g/mol. The smallest absolute Gasteiger partial charge is 0.151 e. The molecule has 4 heteroatoms. The Kier molecular flexibility index (Phi) is 4.83. The maximum atomic E-state index is 13.2. The van der Waals surface area contributed by atoms with E-state index in [1.54, 1.807) is 12.1 Å². The van der Waals surface area contributed by atoms with Crippen molar-refractivity contribution in [1.82, 2.24) is 4.90 Å². The molecule has 2 aromatic carbocycles. The summed E-state index contributed by atoms with van der Waals surface area (Å²) in [5.41, 5.74) is 1.94. The van der Waals surface area contributed by atoms with Crippen LogP contribution in [0, 0.1) is 5.82 Å². The van der Waals surface area contributed by atoms with Crippen LogP contribution in [0.4, 0.5) is 4.39 Å². The number of aldehydes is 1. The third kappa shape index (κ3) is 3.66. The van der Waals surface area contributed by atoms with E-state index < -0.39 is 6.10 Å². The van der Waals surface area contributed by atoms with Gasteiger partial charge in [-0.25, -0.2) is 4.39 Å². The summed E-state index contributed by atoms with van der Waals surface area (Å²) in [6.45, 7) is 1.16. The lowest BCUT2D eigenvalue weighted by Gasteiger charge is -2.38. The van der Waals surface area contributed by atoms with Crippen LogP contribution in [-0.4, -0.2) is 30.4 Å². The Labute approximate surface area is 135 Å². The van der Waals surface area contributed by atoms with Crippen LogP contribution >= 0.6 is 0 Å². The van der Waals surface area contributed by atoms with E-state index in [2.05, 4.69) is 4.90 Å². The molecule has 3 nitrogen and oxygen atoms in total. The van der Waals surface area contributed by atoms with E-state index in [4.69, 9.17) is 4.74 Å².